The Morgan fingerprint density at radius 3 is 2.08 bits per heavy atom. The van der Waals surface area contributed by atoms with Crippen molar-refractivity contribution in [3.63, 3.8) is 0 Å². The van der Waals surface area contributed by atoms with Gasteiger partial charge in [0.15, 0.2) is 11.9 Å². The van der Waals surface area contributed by atoms with Crippen LogP contribution in [-0.2, 0) is 9.53 Å². The van der Waals surface area contributed by atoms with Gasteiger partial charge in [0, 0.05) is 5.92 Å². The van der Waals surface area contributed by atoms with E-state index in [9.17, 15) is 9.59 Å². The molecule has 10 atom stereocenters. The fourth-order valence-electron chi connectivity index (χ4n) is 12.0. The molecule has 5 saturated carbocycles. The number of carbonyl (C=O) groups excluding carboxylic acids is 2. The van der Waals surface area contributed by atoms with Crippen molar-refractivity contribution in [1.82, 2.24) is 0 Å². The van der Waals surface area contributed by atoms with E-state index < -0.39 is 6.10 Å². The first kappa shape index (κ1) is 28.5. The van der Waals surface area contributed by atoms with Crippen molar-refractivity contribution in [2.75, 3.05) is 0 Å². The second-order valence-corrected chi connectivity index (χ2v) is 17.2. The van der Waals surface area contributed by atoms with Crippen molar-refractivity contribution in [2.45, 2.75) is 126 Å². The largest absolute Gasteiger partial charge is 0.451 e. The van der Waals surface area contributed by atoms with Gasteiger partial charge in [-0.25, -0.2) is 4.79 Å². The highest BCUT2D eigenvalue weighted by atomic mass is 16.5. The molecule has 0 heterocycles. The molecule has 0 N–H and O–H groups in total. The molecule has 1 aromatic carbocycles. The molecule has 3 nitrogen and oxygen atoms in total. The lowest BCUT2D eigenvalue weighted by Crippen LogP contribution is -2.68. The van der Waals surface area contributed by atoms with Crippen LogP contribution in [0.15, 0.2) is 30.3 Å². The highest BCUT2D eigenvalue weighted by Gasteiger charge is 2.71. The molecule has 0 aromatic heterocycles. The Morgan fingerprint density at radius 2 is 1.38 bits per heavy atom. The zero-order chi connectivity index (χ0) is 28.9. The van der Waals surface area contributed by atoms with Gasteiger partial charge < -0.3 is 4.74 Å². The average Bonchev–Trinajstić information content (AvgIpc) is 2.91. The number of esters is 1. The van der Waals surface area contributed by atoms with E-state index in [1.807, 2.05) is 18.2 Å². The Labute approximate surface area is 243 Å². The molecule has 5 aliphatic rings. The molecule has 5 fully saturated rings. The van der Waals surface area contributed by atoms with Crippen LogP contribution in [0.3, 0.4) is 0 Å². The van der Waals surface area contributed by atoms with E-state index in [0.717, 1.165) is 12.3 Å². The smallest absolute Gasteiger partial charge is 0.338 e. The Bertz CT molecular complexity index is 1190. The summed E-state index contributed by atoms with van der Waals surface area (Å²) in [5, 5.41) is 0. The van der Waals surface area contributed by atoms with Crippen molar-refractivity contribution in [3.8, 4) is 0 Å². The Hall–Kier alpha value is -1.64. The van der Waals surface area contributed by atoms with Gasteiger partial charge in [-0.15, -0.1) is 0 Å². The third-order valence-corrected chi connectivity index (χ3v) is 15.0. The third-order valence-electron chi connectivity index (χ3n) is 15.0. The zero-order valence-electron chi connectivity index (χ0n) is 26.6. The summed E-state index contributed by atoms with van der Waals surface area (Å²) in [6.07, 6.45) is 11.7. The van der Waals surface area contributed by atoms with Crippen LogP contribution < -0.4 is 0 Å². The minimum absolute atomic E-state index is 0.0297. The molecular formula is C37H54O3. The fourth-order valence-corrected chi connectivity index (χ4v) is 12.0. The molecule has 0 saturated heterocycles. The number of carbonyl (C=O) groups is 2. The number of hydrogen-bond acceptors (Lipinski definition) is 3. The molecule has 0 amide bonds. The second kappa shape index (κ2) is 8.93. The topological polar surface area (TPSA) is 43.4 Å². The van der Waals surface area contributed by atoms with Crippen LogP contribution in [-0.4, -0.2) is 17.9 Å². The summed E-state index contributed by atoms with van der Waals surface area (Å²) in [6.45, 7) is 20.1. The van der Waals surface area contributed by atoms with Gasteiger partial charge in [-0.3, -0.25) is 4.79 Å². The fraction of sp³-hybridized carbons (Fsp3) is 0.784. The number of Topliss-reactive ketones (excluding diaryl/α,β-unsaturated/α-hetero) is 1. The number of ether oxygens (including phenoxy) is 1. The molecule has 40 heavy (non-hydrogen) atoms. The molecular weight excluding hydrogens is 492 g/mol. The number of fused-ring (bicyclic) bond motifs is 7. The Morgan fingerprint density at radius 1 is 0.750 bits per heavy atom. The van der Waals surface area contributed by atoms with Crippen LogP contribution in [0.25, 0.3) is 0 Å². The first-order chi connectivity index (χ1) is 18.6. The summed E-state index contributed by atoms with van der Waals surface area (Å²) in [5.74, 6) is 1.51. The van der Waals surface area contributed by atoms with Gasteiger partial charge in [0.2, 0.25) is 0 Å². The number of rotatable bonds is 2. The minimum atomic E-state index is -0.633. The summed E-state index contributed by atoms with van der Waals surface area (Å²) < 4.78 is 6.05. The lowest BCUT2D eigenvalue weighted by Gasteiger charge is -2.75. The van der Waals surface area contributed by atoms with E-state index in [0.29, 0.717) is 45.5 Å². The highest BCUT2D eigenvalue weighted by Crippen LogP contribution is 2.78. The molecule has 5 aliphatic carbocycles. The molecule has 3 heteroatoms. The lowest BCUT2D eigenvalue weighted by molar-refractivity contribution is -0.259. The van der Waals surface area contributed by atoms with E-state index in [1.165, 1.54) is 51.4 Å². The lowest BCUT2D eigenvalue weighted by atomic mass is 9.30. The molecule has 0 aliphatic heterocycles. The van der Waals surface area contributed by atoms with Gasteiger partial charge in [0.25, 0.3) is 0 Å². The van der Waals surface area contributed by atoms with Crippen molar-refractivity contribution in [2.24, 2.45) is 56.2 Å². The van der Waals surface area contributed by atoms with Crippen molar-refractivity contribution in [3.05, 3.63) is 35.9 Å². The standard InChI is InChI=1S/C37H54O3/c1-24-30(38)26(40-31(39)25-12-10-9-11-13-25)22-28-34(24,5)15-14-27-35(28,6)19-21-37(8)29-23-32(2,3)16-17-33(29,4)18-20-36(27,37)7/h9-13,24,26-29H,14-23H2,1-8H3. The third kappa shape index (κ3) is 3.80. The molecule has 0 bridgehead atoms. The predicted molar refractivity (Wildman–Crippen MR) is 161 cm³/mol. The maximum Gasteiger partial charge on any atom is 0.338 e. The molecule has 0 radical (unpaired) electrons. The van der Waals surface area contributed by atoms with E-state index in [2.05, 4.69) is 55.4 Å². The highest BCUT2D eigenvalue weighted by molar-refractivity contribution is 5.94. The van der Waals surface area contributed by atoms with E-state index in [-0.39, 0.29) is 28.5 Å². The Kier molecular flexibility index (Phi) is 6.36. The summed E-state index contributed by atoms with van der Waals surface area (Å²) in [4.78, 5) is 26.8. The van der Waals surface area contributed by atoms with Crippen molar-refractivity contribution < 1.29 is 14.3 Å². The van der Waals surface area contributed by atoms with Gasteiger partial charge >= 0.3 is 5.97 Å². The summed E-state index contributed by atoms with van der Waals surface area (Å²) in [5.41, 5.74) is 2.23. The number of ketones is 1. The summed E-state index contributed by atoms with van der Waals surface area (Å²) in [6, 6.07) is 9.18. The van der Waals surface area contributed by atoms with Crippen LogP contribution in [0.2, 0.25) is 0 Å². The van der Waals surface area contributed by atoms with Gasteiger partial charge in [-0.05, 0) is 127 Å². The average molecular weight is 547 g/mol. The van der Waals surface area contributed by atoms with Crippen molar-refractivity contribution >= 4 is 11.8 Å². The minimum Gasteiger partial charge on any atom is -0.451 e. The zero-order valence-corrected chi connectivity index (χ0v) is 26.6. The van der Waals surface area contributed by atoms with Gasteiger partial charge in [0.1, 0.15) is 0 Å². The first-order valence-corrected chi connectivity index (χ1v) is 16.4. The van der Waals surface area contributed by atoms with Gasteiger partial charge in [-0.1, -0.05) is 73.6 Å². The van der Waals surface area contributed by atoms with Crippen LogP contribution in [0, 0.1) is 56.2 Å². The predicted octanol–water partition coefficient (Wildman–Crippen LogP) is 9.29. The maximum atomic E-state index is 13.7. The van der Waals surface area contributed by atoms with Crippen LogP contribution in [0.5, 0.6) is 0 Å². The molecule has 10 unspecified atom stereocenters. The summed E-state index contributed by atoms with van der Waals surface area (Å²) in [7, 11) is 0. The van der Waals surface area contributed by atoms with Crippen molar-refractivity contribution in [1.29, 1.82) is 0 Å². The Balaban J connectivity index is 1.33. The van der Waals surface area contributed by atoms with Gasteiger partial charge in [-0.2, -0.15) is 0 Å². The molecule has 220 valence electrons. The maximum absolute atomic E-state index is 13.7. The molecule has 0 spiro atoms. The molecule has 6 rings (SSSR count). The van der Waals surface area contributed by atoms with Crippen LogP contribution in [0.4, 0.5) is 0 Å². The first-order valence-electron chi connectivity index (χ1n) is 16.4. The van der Waals surface area contributed by atoms with E-state index in [1.54, 1.807) is 12.1 Å². The second-order valence-electron chi connectivity index (χ2n) is 17.2. The van der Waals surface area contributed by atoms with Crippen LogP contribution >= 0.6 is 0 Å². The molecule has 1 aromatic rings. The summed E-state index contributed by atoms with van der Waals surface area (Å²) >= 11 is 0. The van der Waals surface area contributed by atoms with Gasteiger partial charge in [0.05, 0.1) is 5.56 Å². The number of benzene rings is 1. The SMILES string of the molecule is CC1C(=O)C(OC(=O)c2ccccc2)CC2C1(C)CCC1C2(C)CCC2(C)C3CC(C)(C)CCC3(C)CCC12C. The van der Waals surface area contributed by atoms with Crippen LogP contribution in [0.1, 0.15) is 130 Å². The quantitative estimate of drug-likeness (QED) is 0.347. The monoisotopic (exact) mass is 546 g/mol. The van der Waals surface area contributed by atoms with E-state index >= 15 is 0 Å². The number of hydrogen-bond donors (Lipinski definition) is 0. The normalized spacial score (nSPS) is 49.6. The van der Waals surface area contributed by atoms with E-state index in [4.69, 9.17) is 4.74 Å².